The van der Waals surface area contributed by atoms with Crippen molar-refractivity contribution in [3.8, 4) is 0 Å². The highest BCUT2D eigenvalue weighted by Gasteiger charge is 2.42. The minimum Gasteiger partial charge on any atom is -0.388 e. The van der Waals surface area contributed by atoms with E-state index in [1.165, 1.54) is 39.0 Å². The van der Waals surface area contributed by atoms with Gasteiger partial charge in [0, 0.05) is 6.42 Å². The molecule has 0 spiro atoms. The number of aliphatic hydroxyl groups is 2. The Kier molecular flexibility index (Phi) is 10.4. The molecule has 2 rings (SSSR count). The summed E-state index contributed by atoms with van der Waals surface area (Å²) in [6.45, 7) is 3.71. The second-order valence-corrected chi connectivity index (χ2v) is 7.99. The lowest BCUT2D eigenvalue weighted by Crippen LogP contribution is -2.36. The maximum Gasteiger partial charge on any atom is 0.352 e. The Morgan fingerprint density at radius 1 is 1.16 bits per heavy atom. The van der Waals surface area contributed by atoms with Crippen molar-refractivity contribution < 1.29 is 29.0 Å². The number of aromatic nitrogens is 2. The Hall–Kier alpha value is -2.04. The van der Waals surface area contributed by atoms with Crippen molar-refractivity contribution in [2.75, 3.05) is 5.48 Å². The average molecular weight is 444 g/mol. The molecular formula is C21H34FN3O6. The number of aliphatic hydroxyl groups excluding tert-OH is 2. The molecule has 9 nitrogen and oxygen atoms in total. The number of carbonyl (C=O) groups excluding carboxylic acids is 1. The van der Waals surface area contributed by atoms with Crippen molar-refractivity contribution in [3.63, 3.8) is 0 Å². The lowest BCUT2D eigenvalue weighted by atomic mass is 10.1. The smallest absolute Gasteiger partial charge is 0.352 e. The predicted octanol–water partition coefficient (Wildman–Crippen LogP) is 2.81. The zero-order chi connectivity index (χ0) is 22.8. The van der Waals surface area contributed by atoms with Crippen molar-refractivity contribution in [2.24, 2.45) is 0 Å². The Balaban J connectivity index is 1.73. The molecule has 1 aliphatic heterocycles. The molecule has 1 aromatic rings. The molecule has 2 heterocycles. The highest BCUT2D eigenvalue weighted by Crippen LogP contribution is 2.28. The standard InChI is InChI=1S/C21H34FN3O6/c1-3-4-5-6-7-8-9-10-11-12-16(26)31-24-19-15(22)13-25(21(29)23-19)20-18(28)17(27)14(2)30-20/h13-14,17-18,20,27-28H,3-12H2,1-2H3,(H,23,24,29)/t14-,17-,18-,20-/m1/s1. The monoisotopic (exact) mass is 443 g/mol. The zero-order valence-corrected chi connectivity index (χ0v) is 18.3. The SMILES string of the molecule is CCCCCCCCCCCC(=O)ONc1nc(=O)n([C@@H]2O[C@H](C)[C@@H](O)[C@H]2O)cc1F. The van der Waals surface area contributed by atoms with Gasteiger partial charge in [-0.3, -0.25) is 4.57 Å². The van der Waals surface area contributed by atoms with Crippen LogP contribution in [0.5, 0.6) is 0 Å². The summed E-state index contributed by atoms with van der Waals surface area (Å²) in [5.41, 5.74) is 1.15. The van der Waals surface area contributed by atoms with E-state index >= 15 is 0 Å². The van der Waals surface area contributed by atoms with Gasteiger partial charge in [0.1, 0.15) is 12.2 Å². The second kappa shape index (κ2) is 12.7. The van der Waals surface area contributed by atoms with Crippen LogP contribution in [0.1, 0.15) is 84.3 Å². The van der Waals surface area contributed by atoms with E-state index < -0.39 is 47.8 Å². The topological polar surface area (TPSA) is 123 Å². The molecule has 0 aliphatic carbocycles. The summed E-state index contributed by atoms with van der Waals surface area (Å²) in [5.74, 6) is -2.08. The van der Waals surface area contributed by atoms with E-state index in [-0.39, 0.29) is 6.42 Å². The summed E-state index contributed by atoms with van der Waals surface area (Å²) in [4.78, 5) is 32.3. The Morgan fingerprint density at radius 3 is 2.35 bits per heavy atom. The number of rotatable bonds is 13. The summed E-state index contributed by atoms with van der Waals surface area (Å²) < 4.78 is 20.3. The molecule has 4 atom stereocenters. The third kappa shape index (κ3) is 7.55. The van der Waals surface area contributed by atoms with Crippen LogP contribution in [-0.4, -0.2) is 44.0 Å². The molecular weight excluding hydrogens is 409 g/mol. The molecule has 176 valence electrons. The molecule has 0 bridgehead atoms. The van der Waals surface area contributed by atoms with Gasteiger partial charge in [-0.15, -0.1) is 0 Å². The largest absolute Gasteiger partial charge is 0.388 e. The molecule has 10 heteroatoms. The van der Waals surface area contributed by atoms with Crippen LogP contribution in [0.2, 0.25) is 0 Å². The van der Waals surface area contributed by atoms with E-state index in [1.807, 2.05) is 0 Å². The Labute approximate surface area is 181 Å². The van der Waals surface area contributed by atoms with Crippen LogP contribution in [0.4, 0.5) is 10.2 Å². The number of unbranched alkanes of at least 4 members (excludes halogenated alkanes) is 8. The van der Waals surface area contributed by atoms with Crippen LogP contribution in [0.25, 0.3) is 0 Å². The minimum absolute atomic E-state index is 0.180. The van der Waals surface area contributed by atoms with Crippen LogP contribution < -0.4 is 11.2 Å². The van der Waals surface area contributed by atoms with E-state index in [2.05, 4.69) is 17.4 Å². The number of ether oxygens (including phenoxy) is 1. The van der Waals surface area contributed by atoms with Gasteiger partial charge < -0.3 is 19.8 Å². The fraction of sp³-hybridized carbons (Fsp3) is 0.762. The quantitative estimate of drug-likeness (QED) is 0.314. The normalized spacial score (nSPS) is 23.1. The molecule has 1 aromatic heterocycles. The van der Waals surface area contributed by atoms with Gasteiger partial charge in [0.2, 0.25) is 5.82 Å². The molecule has 1 saturated heterocycles. The highest BCUT2D eigenvalue weighted by molar-refractivity contribution is 5.70. The van der Waals surface area contributed by atoms with E-state index in [9.17, 15) is 24.2 Å². The van der Waals surface area contributed by atoms with Crippen molar-refractivity contribution in [3.05, 3.63) is 22.5 Å². The first-order chi connectivity index (χ1) is 14.8. The molecule has 3 N–H and O–H groups in total. The first-order valence-corrected chi connectivity index (χ1v) is 11.1. The molecule has 0 unspecified atom stereocenters. The average Bonchev–Trinajstić information content (AvgIpc) is 3.00. The van der Waals surface area contributed by atoms with Crippen molar-refractivity contribution >= 4 is 11.8 Å². The second-order valence-electron chi connectivity index (χ2n) is 7.99. The van der Waals surface area contributed by atoms with Crippen LogP contribution in [0.15, 0.2) is 11.0 Å². The molecule has 0 radical (unpaired) electrons. The Bertz CT molecular complexity index is 759. The van der Waals surface area contributed by atoms with Gasteiger partial charge in [-0.1, -0.05) is 58.3 Å². The van der Waals surface area contributed by atoms with Crippen molar-refractivity contribution in [1.29, 1.82) is 0 Å². The number of anilines is 1. The number of nitrogens with zero attached hydrogens (tertiary/aromatic N) is 2. The van der Waals surface area contributed by atoms with Crippen LogP contribution in [-0.2, 0) is 14.4 Å². The van der Waals surface area contributed by atoms with Gasteiger partial charge in [-0.05, 0) is 13.3 Å². The number of hydrogen-bond acceptors (Lipinski definition) is 8. The van der Waals surface area contributed by atoms with Gasteiger partial charge in [-0.25, -0.2) is 14.0 Å². The van der Waals surface area contributed by atoms with Crippen LogP contribution in [0.3, 0.4) is 0 Å². The first kappa shape index (κ1) is 25.2. The zero-order valence-electron chi connectivity index (χ0n) is 18.3. The maximum absolute atomic E-state index is 14.3. The number of carbonyl (C=O) groups is 1. The van der Waals surface area contributed by atoms with Gasteiger partial charge in [0.15, 0.2) is 12.0 Å². The number of hydrogen-bond donors (Lipinski definition) is 3. The Morgan fingerprint density at radius 2 is 1.77 bits per heavy atom. The fourth-order valence-corrected chi connectivity index (χ4v) is 3.49. The molecule has 1 aliphatic rings. The van der Waals surface area contributed by atoms with Crippen molar-refractivity contribution in [1.82, 2.24) is 9.55 Å². The van der Waals surface area contributed by atoms with E-state index in [1.54, 1.807) is 0 Å². The lowest BCUT2D eigenvalue weighted by molar-refractivity contribution is -0.140. The minimum atomic E-state index is -1.40. The summed E-state index contributed by atoms with van der Waals surface area (Å²) >= 11 is 0. The maximum atomic E-state index is 14.3. The van der Waals surface area contributed by atoms with Gasteiger partial charge in [-0.2, -0.15) is 10.5 Å². The predicted molar refractivity (Wildman–Crippen MR) is 112 cm³/mol. The van der Waals surface area contributed by atoms with Gasteiger partial charge in [0.25, 0.3) is 0 Å². The number of nitrogens with one attached hydrogen (secondary N) is 1. The summed E-state index contributed by atoms with van der Waals surface area (Å²) in [6, 6.07) is 0. The van der Waals surface area contributed by atoms with E-state index in [0.717, 1.165) is 30.0 Å². The first-order valence-electron chi connectivity index (χ1n) is 11.1. The molecule has 0 amide bonds. The third-order valence-electron chi connectivity index (χ3n) is 5.40. The molecule has 31 heavy (non-hydrogen) atoms. The lowest BCUT2D eigenvalue weighted by Gasteiger charge is -2.17. The molecule has 0 aromatic carbocycles. The fourth-order valence-electron chi connectivity index (χ4n) is 3.49. The highest BCUT2D eigenvalue weighted by atomic mass is 19.1. The van der Waals surface area contributed by atoms with Gasteiger partial charge in [0.05, 0.1) is 12.3 Å². The summed E-state index contributed by atoms with van der Waals surface area (Å²) in [7, 11) is 0. The van der Waals surface area contributed by atoms with E-state index in [0.29, 0.717) is 6.42 Å². The summed E-state index contributed by atoms with van der Waals surface area (Å²) in [6.07, 6.45) is 6.41. The van der Waals surface area contributed by atoms with E-state index in [4.69, 9.17) is 9.57 Å². The molecule has 1 fully saturated rings. The van der Waals surface area contributed by atoms with Crippen molar-refractivity contribution in [2.45, 2.75) is 103 Å². The van der Waals surface area contributed by atoms with Gasteiger partial charge >= 0.3 is 11.7 Å². The summed E-state index contributed by atoms with van der Waals surface area (Å²) in [5, 5.41) is 19.7. The number of halogens is 1. The van der Waals surface area contributed by atoms with Crippen LogP contribution >= 0.6 is 0 Å². The van der Waals surface area contributed by atoms with Crippen LogP contribution in [0, 0.1) is 5.82 Å². The molecule has 0 saturated carbocycles. The third-order valence-corrected chi connectivity index (χ3v) is 5.40.